The fraction of sp³-hybridized carbons (Fsp3) is 0.118. The maximum absolute atomic E-state index is 12.0. The number of aryl methyl sites for hydroxylation is 1. The molecule has 6 nitrogen and oxygen atoms in total. The molecule has 0 fully saturated rings. The Hall–Kier alpha value is -3.15. The summed E-state index contributed by atoms with van der Waals surface area (Å²) in [4.78, 5) is 23.9. The predicted octanol–water partition coefficient (Wildman–Crippen LogP) is 1.86. The number of benzene rings is 1. The summed E-state index contributed by atoms with van der Waals surface area (Å²) in [6.07, 6.45) is 4.52. The van der Waals surface area contributed by atoms with Crippen LogP contribution in [0, 0.1) is 0 Å². The third kappa shape index (κ3) is 3.21. The van der Waals surface area contributed by atoms with Gasteiger partial charge in [0.05, 0.1) is 23.9 Å². The van der Waals surface area contributed by atoms with E-state index in [4.69, 9.17) is 4.42 Å². The van der Waals surface area contributed by atoms with Gasteiger partial charge >= 0.3 is 0 Å². The normalized spacial score (nSPS) is 11.2. The van der Waals surface area contributed by atoms with E-state index in [9.17, 15) is 9.59 Å². The zero-order valence-corrected chi connectivity index (χ0v) is 12.5. The Labute approximate surface area is 132 Å². The van der Waals surface area contributed by atoms with Crippen molar-refractivity contribution in [3.05, 3.63) is 70.5 Å². The smallest absolute Gasteiger partial charge is 0.274 e. The number of fused-ring (bicyclic) bond motifs is 1. The number of nitrogens with one attached hydrogen (secondary N) is 1. The number of hydrogen-bond donors (Lipinski definition) is 1. The molecule has 2 aromatic heterocycles. The lowest BCUT2D eigenvalue weighted by atomic mass is 10.1. The Balaban J connectivity index is 1.78. The molecule has 0 saturated heterocycles. The molecule has 1 amide bonds. The van der Waals surface area contributed by atoms with E-state index in [1.165, 1.54) is 17.0 Å². The number of amides is 1. The Morgan fingerprint density at radius 3 is 2.78 bits per heavy atom. The van der Waals surface area contributed by atoms with E-state index in [-0.39, 0.29) is 18.0 Å². The standard InChI is InChI=1S/C17H15N3O3/c1-20-17(22)14-7-3-2-6-13(14)15(19-20)11-18-16(21)9-8-12-5-4-10-23-12/h2-10H,11H2,1H3,(H,18,21)/b9-8+. The maximum atomic E-state index is 12.0. The summed E-state index contributed by atoms with van der Waals surface area (Å²) in [7, 11) is 1.59. The van der Waals surface area contributed by atoms with Crippen molar-refractivity contribution in [3.63, 3.8) is 0 Å². The average molecular weight is 309 g/mol. The molecule has 0 aliphatic carbocycles. The number of rotatable bonds is 4. The molecule has 2 heterocycles. The molecule has 1 N–H and O–H groups in total. The molecule has 0 saturated carbocycles. The van der Waals surface area contributed by atoms with Crippen LogP contribution in [0.2, 0.25) is 0 Å². The van der Waals surface area contributed by atoms with Crippen molar-refractivity contribution < 1.29 is 9.21 Å². The van der Waals surface area contributed by atoms with Gasteiger partial charge in [0.15, 0.2) is 0 Å². The Morgan fingerprint density at radius 2 is 2.04 bits per heavy atom. The lowest BCUT2D eigenvalue weighted by Gasteiger charge is -2.08. The van der Waals surface area contributed by atoms with Crippen molar-refractivity contribution in [2.45, 2.75) is 6.54 Å². The molecular formula is C17H15N3O3. The van der Waals surface area contributed by atoms with E-state index in [0.29, 0.717) is 16.8 Å². The highest BCUT2D eigenvalue weighted by Gasteiger charge is 2.08. The molecule has 0 spiro atoms. The minimum Gasteiger partial charge on any atom is -0.465 e. The van der Waals surface area contributed by atoms with E-state index < -0.39 is 0 Å². The molecule has 0 bridgehead atoms. The van der Waals surface area contributed by atoms with Crippen LogP contribution >= 0.6 is 0 Å². The first-order valence-corrected chi connectivity index (χ1v) is 7.09. The van der Waals surface area contributed by atoms with Gasteiger partial charge in [-0.15, -0.1) is 0 Å². The van der Waals surface area contributed by atoms with Crippen molar-refractivity contribution in [1.29, 1.82) is 0 Å². The molecular weight excluding hydrogens is 294 g/mol. The van der Waals surface area contributed by atoms with Crippen molar-refractivity contribution >= 4 is 22.8 Å². The summed E-state index contributed by atoms with van der Waals surface area (Å²) >= 11 is 0. The molecule has 23 heavy (non-hydrogen) atoms. The molecule has 0 radical (unpaired) electrons. The van der Waals surface area contributed by atoms with Gasteiger partial charge in [-0.1, -0.05) is 18.2 Å². The van der Waals surface area contributed by atoms with Crippen LogP contribution in [0.15, 0.2) is 57.9 Å². The van der Waals surface area contributed by atoms with Gasteiger partial charge in [0.25, 0.3) is 5.56 Å². The van der Waals surface area contributed by atoms with Crippen LogP contribution in [0.3, 0.4) is 0 Å². The molecule has 1 aromatic carbocycles. The molecule has 0 unspecified atom stereocenters. The summed E-state index contributed by atoms with van der Waals surface area (Å²) in [5.74, 6) is 0.340. The lowest BCUT2D eigenvalue weighted by Crippen LogP contribution is -2.26. The summed E-state index contributed by atoms with van der Waals surface area (Å²) in [6, 6.07) is 10.7. The summed E-state index contributed by atoms with van der Waals surface area (Å²) in [5.41, 5.74) is 0.482. The molecule has 3 rings (SSSR count). The van der Waals surface area contributed by atoms with Crippen LogP contribution < -0.4 is 10.9 Å². The summed E-state index contributed by atoms with van der Waals surface area (Å²) < 4.78 is 6.40. The maximum Gasteiger partial charge on any atom is 0.274 e. The first kappa shape index (κ1) is 14.8. The highest BCUT2D eigenvalue weighted by Crippen LogP contribution is 2.12. The van der Waals surface area contributed by atoms with Crippen molar-refractivity contribution in [2.75, 3.05) is 0 Å². The molecule has 0 atom stereocenters. The minimum atomic E-state index is -0.263. The molecule has 3 aromatic rings. The van der Waals surface area contributed by atoms with Crippen LogP contribution in [-0.4, -0.2) is 15.7 Å². The first-order chi connectivity index (χ1) is 11.1. The van der Waals surface area contributed by atoms with Crippen molar-refractivity contribution in [3.8, 4) is 0 Å². The number of furan rings is 1. The number of carbonyl (C=O) groups is 1. The molecule has 6 heteroatoms. The quantitative estimate of drug-likeness (QED) is 0.746. The second-order valence-corrected chi connectivity index (χ2v) is 4.99. The lowest BCUT2D eigenvalue weighted by molar-refractivity contribution is -0.116. The molecule has 116 valence electrons. The number of carbonyl (C=O) groups excluding carboxylic acids is 1. The average Bonchev–Trinajstić information content (AvgIpc) is 3.08. The van der Waals surface area contributed by atoms with Gasteiger partial charge in [-0.2, -0.15) is 5.10 Å². The SMILES string of the molecule is Cn1nc(CNC(=O)/C=C/c2ccco2)c2ccccc2c1=O. The van der Waals surface area contributed by atoms with Crippen LogP contribution in [0.1, 0.15) is 11.5 Å². The van der Waals surface area contributed by atoms with Gasteiger partial charge in [0, 0.05) is 18.5 Å². The van der Waals surface area contributed by atoms with Crippen LogP contribution in [0.4, 0.5) is 0 Å². The van der Waals surface area contributed by atoms with Gasteiger partial charge in [0.1, 0.15) is 5.76 Å². The van der Waals surface area contributed by atoms with E-state index in [0.717, 1.165) is 5.39 Å². The Bertz CT molecular complexity index is 924. The summed E-state index contributed by atoms with van der Waals surface area (Å²) in [6.45, 7) is 0.232. The van der Waals surface area contributed by atoms with Gasteiger partial charge in [0.2, 0.25) is 5.91 Å². The monoisotopic (exact) mass is 309 g/mol. The van der Waals surface area contributed by atoms with E-state index >= 15 is 0 Å². The van der Waals surface area contributed by atoms with Gasteiger partial charge in [-0.05, 0) is 24.3 Å². The fourth-order valence-corrected chi connectivity index (χ4v) is 2.28. The first-order valence-electron chi connectivity index (χ1n) is 7.09. The minimum absolute atomic E-state index is 0.159. The van der Waals surface area contributed by atoms with Crippen molar-refractivity contribution in [1.82, 2.24) is 15.1 Å². The van der Waals surface area contributed by atoms with Crippen LogP contribution in [0.25, 0.3) is 16.8 Å². The number of aromatic nitrogens is 2. The second kappa shape index (κ2) is 6.31. The Kier molecular flexibility index (Phi) is 4.05. The highest BCUT2D eigenvalue weighted by atomic mass is 16.3. The predicted molar refractivity (Wildman–Crippen MR) is 86.6 cm³/mol. The van der Waals surface area contributed by atoms with Gasteiger partial charge < -0.3 is 9.73 Å². The van der Waals surface area contributed by atoms with Gasteiger partial charge in [-0.3, -0.25) is 9.59 Å². The third-order valence-corrected chi connectivity index (χ3v) is 3.41. The van der Waals surface area contributed by atoms with Crippen LogP contribution in [-0.2, 0) is 18.4 Å². The number of hydrogen-bond acceptors (Lipinski definition) is 4. The topological polar surface area (TPSA) is 77.1 Å². The Morgan fingerprint density at radius 1 is 1.26 bits per heavy atom. The van der Waals surface area contributed by atoms with Crippen LogP contribution in [0.5, 0.6) is 0 Å². The zero-order chi connectivity index (χ0) is 16.2. The largest absolute Gasteiger partial charge is 0.465 e. The van der Waals surface area contributed by atoms with E-state index in [1.54, 1.807) is 37.4 Å². The molecule has 0 aliphatic rings. The fourth-order valence-electron chi connectivity index (χ4n) is 2.28. The van der Waals surface area contributed by atoms with Gasteiger partial charge in [-0.25, -0.2) is 4.68 Å². The third-order valence-electron chi connectivity index (χ3n) is 3.41. The van der Waals surface area contributed by atoms with Crippen molar-refractivity contribution in [2.24, 2.45) is 7.05 Å². The van der Waals surface area contributed by atoms with E-state index in [2.05, 4.69) is 10.4 Å². The highest BCUT2D eigenvalue weighted by molar-refractivity contribution is 5.91. The number of nitrogens with zero attached hydrogens (tertiary/aromatic N) is 2. The second-order valence-electron chi connectivity index (χ2n) is 4.99. The van der Waals surface area contributed by atoms with E-state index in [1.807, 2.05) is 12.1 Å². The summed E-state index contributed by atoms with van der Waals surface area (Å²) in [5, 5.41) is 8.31. The zero-order valence-electron chi connectivity index (χ0n) is 12.5. The molecule has 0 aliphatic heterocycles.